The molecule has 2 aliphatic rings. The lowest BCUT2D eigenvalue weighted by Crippen LogP contribution is -2.32. The average molecular weight is 225 g/mol. The van der Waals surface area contributed by atoms with Gasteiger partial charge in [-0.3, -0.25) is 0 Å². The second kappa shape index (κ2) is 5.50. The maximum Gasteiger partial charge on any atom is 0.0576 e. The van der Waals surface area contributed by atoms with Gasteiger partial charge in [0.1, 0.15) is 0 Å². The Morgan fingerprint density at radius 1 is 1.31 bits per heavy atom. The number of ether oxygens (including phenoxy) is 1. The molecule has 1 saturated heterocycles. The van der Waals surface area contributed by atoms with Gasteiger partial charge in [-0.05, 0) is 56.9 Å². The van der Waals surface area contributed by atoms with E-state index in [1.165, 1.54) is 51.5 Å². The molecular weight excluding hydrogens is 198 g/mol. The van der Waals surface area contributed by atoms with E-state index in [0.29, 0.717) is 11.5 Å². The van der Waals surface area contributed by atoms with Crippen LogP contribution in [0.2, 0.25) is 0 Å². The van der Waals surface area contributed by atoms with Gasteiger partial charge in [0, 0.05) is 13.2 Å². The summed E-state index contributed by atoms with van der Waals surface area (Å²) in [7, 11) is 2.08. The Bertz CT molecular complexity index is 209. The predicted molar refractivity (Wildman–Crippen MR) is 67.6 cm³/mol. The number of hydrogen-bond donors (Lipinski definition) is 1. The summed E-state index contributed by atoms with van der Waals surface area (Å²) >= 11 is 0. The molecule has 2 nitrogen and oxygen atoms in total. The van der Waals surface area contributed by atoms with Gasteiger partial charge >= 0.3 is 0 Å². The quantitative estimate of drug-likeness (QED) is 0.719. The molecule has 0 bridgehead atoms. The van der Waals surface area contributed by atoms with Gasteiger partial charge in [-0.1, -0.05) is 13.3 Å². The van der Waals surface area contributed by atoms with Crippen molar-refractivity contribution in [2.45, 2.75) is 58.0 Å². The normalized spacial score (nSPS) is 29.2. The van der Waals surface area contributed by atoms with Crippen LogP contribution in [0.15, 0.2) is 0 Å². The highest BCUT2D eigenvalue weighted by molar-refractivity contribution is 4.92. The summed E-state index contributed by atoms with van der Waals surface area (Å²) in [5, 5.41) is 3.38. The molecule has 1 heterocycles. The highest BCUT2D eigenvalue weighted by Crippen LogP contribution is 2.48. The lowest BCUT2D eigenvalue weighted by atomic mass is 9.79. The van der Waals surface area contributed by atoms with Crippen LogP contribution in [0.3, 0.4) is 0 Å². The molecule has 0 aromatic carbocycles. The summed E-state index contributed by atoms with van der Waals surface area (Å²) in [5.41, 5.74) is 0.549. The highest BCUT2D eigenvalue weighted by atomic mass is 16.5. The second-order valence-electron chi connectivity index (χ2n) is 5.99. The van der Waals surface area contributed by atoms with Crippen LogP contribution in [0, 0.1) is 11.3 Å². The van der Waals surface area contributed by atoms with Crippen molar-refractivity contribution in [2.24, 2.45) is 11.3 Å². The monoisotopic (exact) mass is 225 g/mol. The van der Waals surface area contributed by atoms with Crippen molar-refractivity contribution in [3.8, 4) is 0 Å². The van der Waals surface area contributed by atoms with E-state index in [0.717, 1.165) is 12.5 Å². The van der Waals surface area contributed by atoms with Crippen LogP contribution in [0.1, 0.15) is 51.9 Å². The molecule has 2 fully saturated rings. The van der Waals surface area contributed by atoms with Crippen molar-refractivity contribution in [1.29, 1.82) is 0 Å². The average Bonchev–Trinajstić information content (AvgIpc) is 3.00. The minimum Gasteiger partial charge on any atom is -0.378 e. The van der Waals surface area contributed by atoms with Crippen molar-refractivity contribution < 1.29 is 4.74 Å². The first kappa shape index (κ1) is 12.4. The molecule has 1 aliphatic heterocycles. The summed E-state index contributed by atoms with van der Waals surface area (Å²) in [4.78, 5) is 0. The molecule has 0 spiro atoms. The van der Waals surface area contributed by atoms with Crippen molar-refractivity contribution in [3.63, 3.8) is 0 Å². The summed E-state index contributed by atoms with van der Waals surface area (Å²) in [5.74, 6) is 0.990. The van der Waals surface area contributed by atoms with Crippen LogP contribution in [-0.2, 0) is 4.74 Å². The summed E-state index contributed by atoms with van der Waals surface area (Å²) in [6.07, 6.45) is 10.1. The molecule has 1 saturated carbocycles. The van der Waals surface area contributed by atoms with Crippen molar-refractivity contribution in [2.75, 3.05) is 20.2 Å². The zero-order valence-electron chi connectivity index (χ0n) is 10.9. The van der Waals surface area contributed by atoms with E-state index in [4.69, 9.17) is 4.74 Å². The van der Waals surface area contributed by atoms with Crippen LogP contribution < -0.4 is 5.32 Å². The SMILES string of the molecule is CNCC(C)(CCCC1CCCO1)C1CC1. The van der Waals surface area contributed by atoms with E-state index in [9.17, 15) is 0 Å². The predicted octanol–water partition coefficient (Wildman–Crippen LogP) is 2.97. The Hall–Kier alpha value is -0.0800. The lowest BCUT2D eigenvalue weighted by molar-refractivity contribution is 0.0966. The third-order valence-corrected chi connectivity index (χ3v) is 4.44. The van der Waals surface area contributed by atoms with Crippen molar-refractivity contribution in [1.82, 2.24) is 5.32 Å². The molecule has 2 atom stereocenters. The summed E-state index contributed by atoms with van der Waals surface area (Å²) in [6.45, 7) is 4.65. The number of hydrogen-bond acceptors (Lipinski definition) is 2. The molecule has 0 aromatic heterocycles. The first-order valence-electron chi connectivity index (χ1n) is 7.01. The molecule has 1 aliphatic carbocycles. The van der Waals surface area contributed by atoms with Gasteiger partial charge in [0.15, 0.2) is 0 Å². The first-order chi connectivity index (χ1) is 7.74. The highest BCUT2D eigenvalue weighted by Gasteiger charge is 2.40. The van der Waals surface area contributed by atoms with E-state index in [2.05, 4.69) is 19.3 Å². The van der Waals surface area contributed by atoms with Crippen LogP contribution in [0.5, 0.6) is 0 Å². The molecule has 0 amide bonds. The van der Waals surface area contributed by atoms with E-state index in [1.54, 1.807) is 0 Å². The van der Waals surface area contributed by atoms with Gasteiger partial charge in [-0.25, -0.2) is 0 Å². The van der Waals surface area contributed by atoms with Gasteiger partial charge in [0.2, 0.25) is 0 Å². The molecule has 94 valence electrons. The summed E-state index contributed by atoms with van der Waals surface area (Å²) < 4.78 is 5.69. The van der Waals surface area contributed by atoms with Crippen molar-refractivity contribution in [3.05, 3.63) is 0 Å². The van der Waals surface area contributed by atoms with Gasteiger partial charge in [-0.15, -0.1) is 0 Å². The fourth-order valence-corrected chi connectivity index (χ4v) is 3.23. The van der Waals surface area contributed by atoms with Gasteiger partial charge in [-0.2, -0.15) is 0 Å². The van der Waals surface area contributed by atoms with Crippen molar-refractivity contribution >= 4 is 0 Å². The Labute approximate surface area is 100 Å². The molecule has 0 aromatic rings. The molecule has 16 heavy (non-hydrogen) atoms. The number of nitrogens with one attached hydrogen (secondary N) is 1. The fourth-order valence-electron chi connectivity index (χ4n) is 3.23. The topological polar surface area (TPSA) is 21.3 Å². The third kappa shape index (κ3) is 3.21. The zero-order chi connectivity index (χ0) is 11.4. The Balaban J connectivity index is 1.69. The Morgan fingerprint density at radius 3 is 2.69 bits per heavy atom. The second-order valence-corrected chi connectivity index (χ2v) is 5.99. The largest absolute Gasteiger partial charge is 0.378 e. The maximum absolute atomic E-state index is 5.69. The van der Waals surface area contributed by atoms with E-state index in [1.807, 2.05) is 0 Å². The zero-order valence-corrected chi connectivity index (χ0v) is 10.9. The van der Waals surface area contributed by atoms with Crippen LogP contribution in [0.4, 0.5) is 0 Å². The van der Waals surface area contributed by atoms with Crippen LogP contribution in [0.25, 0.3) is 0 Å². The van der Waals surface area contributed by atoms with E-state index in [-0.39, 0.29) is 0 Å². The minimum absolute atomic E-state index is 0.549. The Morgan fingerprint density at radius 2 is 2.12 bits per heavy atom. The maximum atomic E-state index is 5.69. The van der Waals surface area contributed by atoms with Gasteiger partial charge in [0.05, 0.1) is 6.10 Å². The first-order valence-corrected chi connectivity index (χ1v) is 7.01. The molecule has 2 heteroatoms. The molecule has 2 unspecified atom stereocenters. The Kier molecular flexibility index (Phi) is 4.26. The van der Waals surface area contributed by atoms with Crippen LogP contribution in [-0.4, -0.2) is 26.3 Å². The number of rotatable bonds is 7. The molecule has 1 N–H and O–H groups in total. The smallest absolute Gasteiger partial charge is 0.0576 e. The molecule has 2 rings (SSSR count). The standard InChI is InChI=1S/C14H27NO/c1-14(11-15-2,12-7-8-12)9-3-5-13-6-4-10-16-13/h12-13,15H,3-11H2,1-2H3. The van der Waals surface area contributed by atoms with E-state index >= 15 is 0 Å². The van der Waals surface area contributed by atoms with Gasteiger partial charge in [0.25, 0.3) is 0 Å². The third-order valence-electron chi connectivity index (χ3n) is 4.44. The fraction of sp³-hybridized carbons (Fsp3) is 1.00. The summed E-state index contributed by atoms with van der Waals surface area (Å²) in [6, 6.07) is 0. The lowest BCUT2D eigenvalue weighted by Gasteiger charge is -2.30. The van der Waals surface area contributed by atoms with E-state index < -0.39 is 0 Å². The minimum atomic E-state index is 0.549. The van der Waals surface area contributed by atoms with Crippen LogP contribution >= 0.6 is 0 Å². The molecule has 0 radical (unpaired) electrons. The molecular formula is C14H27NO. The van der Waals surface area contributed by atoms with Gasteiger partial charge < -0.3 is 10.1 Å².